The number of hydrogen-bond acceptors (Lipinski definition) is 8. The zero-order valence-corrected chi connectivity index (χ0v) is 20.7. The molecule has 2 amide bonds. The second kappa shape index (κ2) is 12.2. The number of hydrogen-bond donors (Lipinski definition) is 2. The number of carbonyl (C=O) groups is 2. The number of nitrogens with one attached hydrogen (secondary N) is 2. The number of rotatable bonds is 10. The summed E-state index contributed by atoms with van der Waals surface area (Å²) in [6.07, 6.45) is -1.71. The number of benzene rings is 2. The SMILES string of the molecule is COC[C@@](C)(NC(=O)Oc1cncnc1)C(=O)NCc1ccc(Oc2ccc(OC)cc2C(F)(F)F)cc1. The Hall–Kier alpha value is -4.39. The highest BCUT2D eigenvalue weighted by molar-refractivity contribution is 5.90. The van der Waals surface area contributed by atoms with Crippen LogP contribution in [0.1, 0.15) is 18.1 Å². The van der Waals surface area contributed by atoms with E-state index in [4.69, 9.17) is 18.9 Å². The first-order valence-corrected chi connectivity index (χ1v) is 11.1. The number of alkyl halides is 3. The van der Waals surface area contributed by atoms with E-state index in [1.165, 1.54) is 64.1 Å². The highest BCUT2D eigenvalue weighted by atomic mass is 19.4. The van der Waals surface area contributed by atoms with Gasteiger partial charge in [0.1, 0.15) is 34.7 Å². The minimum atomic E-state index is -4.64. The molecule has 0 spiro atoms. The highest BCUT2D eigenvalue weighted by Crippen LogP contribution is 2.40. The largest absolute Gasteiger partial charge is 0.497 e. The van der Waals surface area contributed by atoms with Crippen molar-refractivity contribution in [2.24, 2.45) is 0 Å². The van der Waals surface area contributed by atoms with E-state index in [1.54, 1.807) is 12.1 Å². The van der Waals surface area contributed by atoms with Gasteiger partial charge in [-0.25, -0.2) is 14.8 Å². The van der Waals surface area contributed by atoms with Gasteiger partial charge in [0.25, 0.3) is 0 Å². The molecule has 1 heterocycles. The predicted octanol–water partition coefficient (Wildman–Crippen LogP) is 4.11. The van der Waals surface area contributed by atoms with Gasteiger partial charge in [0.2, 0.25) is 5.91 Å². The zero-order valence-electron chi connectivity index (χ0n) is 20.7. The molecule has 13 heteroatoms. The molecular weight excluding hydrogens is 509 g/mol. The molecule has 2 N–H and O–H groups in total. The Morgan fingerprint density at radius 1 is 0.947 bits per heavy atom. The van der Waals surface area contributed by atoms with Crippen molar-refractivity contribution in [3.05, 3.63) is 72.3 Å². The molecule has 0 saturated carbocycles. The maximum atomic E-state index is 13.4. The summed E-state index contributed by atoms with van der Waals surface area (Å²) in [5, 5.41) is 5.15. The molecule has 3 rings (SSSR count). The maximum absolute atomic E-state index is 13.4. The third-order valence-electron chi connectivity index (χ3n) is 5.16. The number of ether oxygens (including phenoxy) is 4. The summed E-state index contributed by atoms with van der Waals surface area (Å²) < 4.78 is 60.7. The monoisotopic (exact) mass is 534 g/mol. The molecule has 2 aromatic carbocycles. The van der Waals surface area contributed by atoms with Gasteiger partial charge in [-0.15, -0.1) is 0 Å². The molecule has 0 aliphatic heterocycles. The Bertz CT molecular complexity index is 1240. The number of methoxy groups -OCH3 is 2. The van der Waals surface area contributed by atoms with E-state index in [-0.39, 0.29) is 36.1 Å². The molecule has 10 nitrogen and oxygen atoms in total. The fourth-order valence-electron chi connectivity index (χ4n) is 3.27. The first kappa shape index (κ1) is 28.2. The van der Waals surface area contributed by atoms with Crippen LogP contribution in [0, 0.1) is 0 Å². The molecule has 3 aromatic rings. The number of nitrogens with zero attached hydrogens (tertiary/aromatic N) is 2. The Kier molecular flexibility index (Phi) is 9.07. The maximum Gasteiger partial charge on any atom is 0.420 e. The lowest BCUT2D eigenvalue weighted by molar-refractivity contribution is -0.138. The molecule has 1 aromatic heterocycles. The lowest BCUT2D eigenvalue weighted by atomic mass is 10.0. The minimum absolute atomic E-state index is 0.0491. The minimum Gasteiger partial charge on any atom is -0.497 e. The van der Waals surface area contributed by atoms with Gasteiger partial charge in [-0.3, -0.25) is 4.79 Å². The van der Waals surface area contributed by atoms with Crippen molar-refractivity contribution in [2.45, 2.75) is 25.2 Å². The summed E-state index contributed by atoms with van der Waals surface area (Å²) in [5.74, 6) is -0.643. The van der Waals surface area contributed by atoms with Crippen LogP contribution in [0.15, 0.2) is 61.2 Å². The number of halogens is 3. The molecule has 0 aliphatic carbocycles. The van der Waals surface area contributed by atoms with Crippen LogP contribution in [-0.2, 0) is 22.3 Å². The average molecular weight is 534 g/mol. The third kappa shape index (κ3) is 7.56. The topological polar surface area (TPSA) is 121 Å². The van der Waals surface area contributed by atoms with Crippen LogP contribution in [0.2, 0.25) is 0 Å². The van der Waals surface area contributed by atoms with Gasteiger partial charge in [-0.05, 0) is 42.8 Å². The fraction of sp³-hybridized carbons (Fsp3) is 0.280. The van der Waals surface area contributed by atoms with Crippen LogP contribution >= 0.6 is 0 Å². The summed E-state index contributed by atoms with van der Waals surface area (Å²) in [5.41, 5.74) is -1.83. The van der Waals surface area contributed by atoms with Gasteiger partial charge in [0, 0.05) is 13.7 Å². The van der Waals surface area contributed by atoms with Gasteiger partial charge >= 0.3 is 12.3 Å². The van der Waals surface area contributed by atoms with Crippen LogP contribution in [-0.4, -0.2) is 48.3 Å². The van der Waals surface area contributed by atoms with Crippen LogP contribution < -0.4 is 24.8 Å². The van der Waals surface area contributed by atoms with Crippen molar-refractivity contribution in [1.29, 1.82) is 0 Å². The second-order valence-electron chi connectivity index (χ2n) is 8.14. The summed E-state index contributed by atoms with van der Waals surface area (Å²) in [6.45, 7) is 1.35. The van der Waals surface area contributed by atoms with Crippen LogP contribution in [0.25, 0.3) is 0 Å². The Morgan fingerprint density at radius 2 is 1.61 bits per heavy atom. The van der Waals surface area contributed by atoms with E-state index in [0.717, 1.165) is 6.07 Å². The normalized spacial score (nSPS) is 12.7. The Labute approximate surface area is 216 Å². The van der Waals surface area contributed by atoms with E-state index < -0.39 is 29.3 Å². The third-order valence-corrected chi connectivity index (χ3v) is 5.16. The first-order chi connectivity index (χ1) is 18.0. The van der Waals surface area contributed by atoms with E-state index >= 15 is 0 Å². The van der Waals surface area contributed by atoms with E-state index in [2.05, 4.69) is 20.6 Å². The Balaban J connectivity index is 1.62. The standard InChI is InChI=1S/C25H25F3N4O6/c1-24(14-35-2,32-23(34)38-19-12-29-15-30-13-19)22(33)31-11-16-4-6-17(7-5-16)37-21-9-8-18(36-3)10-20(21)25(26,27)28/h4-10,12-13,15H,11,14H2,1-3H3,(H,31,33)(H,32,34)/t24-/m1/s1. The van der Waals surface area contributed by atoms with Crippen LogP contribution in [0.4, 0.5) is 18.0 Å². The quantitative estimate of drug-likeness (QED) is 0.399. The smallest absolute Gasteiger partial charge is 0.420 e. The van der Waals surface area contributed by atoms with Gasteiger partial charge in [-0.2, -0.15) is 13.2 Å². The molecule has 38 heavy (non-hydrogen) atoms. The molecule has 202 valence electrons. The van der Waals surface area contributed by atoms with Crippen molar-refractivity contribution in [3.8, 4) is 23.0 Å². The van der Waals surface area contributed by atoms with E-state index in [1.807, 2.05) is 0 Å². The molecule has 0 unspecified atom stereocenters. The molecule has 0 radical (unpaired) electrons. The molecule has 0 fully saturated rings. The number of carbonyl (C=O) groups excluding carboxylic acids is 2. The fourth-order valence-corrected chi connectivity index (χ4v) is 3.27. The van der Waals surface area contributed by atoms with Gasteiger partial charge in [0.05, 0.1) is 26.1 Å². The van der Waals surface area contributed by atoms with E-state index in [9.17, 15) is 22.8 Å². The van der Waals surface area contributed by atoms with Gasteiger partial charge in [-0.1, -0.05) is 12.1 Å². The van der Waals surface area contributed by atoms with Crippen LogP contribution in [0.3, 0.4) is 0 Å². The Morgan fingerprint density at radius 3 is 2.21 bits per heavy atom. The molecule has 1 atom stereocenters. The number of amides is 2. The van der Waals surface area contributed by atoms with Crippen LogP contribution in [0.5, 0.6) is 23.0 Å². The lowest BCUT2D eigenvalue weighted by Crippen LogP contribution is -2.60. The van der Waals surface area contributed by atoms with Gasteiger partial charge < -0.3 is 29.6 Å². The average Bonchev–Trinajstić information content (AvgIpc) is 2.88. The summed E-state index contributed by atoms with van der Waals surface area (Å²) in [7, 11) is 2.64. The number of aromatic nitrogens is 2. The van der Waals surface area contributed by atoms with E-state index in [0.29, 0.717) is 5.56 Å². The van der Waals surface area contributed by atoms with Crippen molar-refractivity contribution < 1.29 is 41.7 Å². The summed E-state index contributed by atoms with van der Waals surface area (Å²) in [4.78, 5) is 32.6. The van der Waals surface area contributed by atoms with Gasteiger partial charge in [0.15, 0.2) is 5.75 Å². The lowest BCUT2D eigenvalue weighted by Gasteiger charge is -2.28. The second-order valence-corrected chi connectivity index (χ2v) is 8.14. The summed E-state index contributed by atoms with van der Waals surface area (Å²) in [6, 6.07) is 9.50. The predicted molar refractivity (Wildman–Crippen MR) is 128 cm³/mol. The van der Waals surface area contributed by atoms with Crippen molar-refractivity contribution in [2.75, 3.05) is 20.8 Å². The van der Waals surface area contributed by atoms with Crippen molar-refractivity contribution in [3.63, 3.8) is 0 Å². The van der Waals surface area contributed by atoms with Crippen molar-refractivity contribution >= 4 is 12.0 Å². The van der Waals surface area contributed by atoms with Crippen molar-refractivity contribution in [1.82, 2.24) is 20.6 Å². The summed E-state index contributed by atoms with van der Waals surface area (Å²) >= 11 is 0. The molecule has 0 aliphatic rings. The first-order valence-electron chi connectivity index (χ1n) is 11.1. The zero-order chi connectivity index (χ0) is 27.8. The molecule has 0 saturated heterocycles. The highest BCUT2D eigenvalue weighted by Gasteiger charge is 2.36. The molecular formula is C25H25F3N4O6. The molecule has 0 bridgehead atoms.